The van der Waals surface area contributed by atoms with Gasteiger partial charge in [0.1, 0.15) is 5.00 Å². The predicted octanol–water partition coefficient (Wildman–Crippen LogP) is 2.83. The average Bonchev–Trinajstić information content (AvgIpc) is 3.04. The van der Waals surface area contributed by atoms with Crippen LogP contribution in [0.15, 0.2) is 30.3 Å². The van der Waals surface area contributed by atoms with Crippen molar-refractivity contribution in [3.8, 4) is 11.5 Å². The Kier molecular flexibility index (Phi) is 3.39. The molecule has 1 aromatic heterocycles. The molecule has 1 aliphatic heterocycles. The maximum absolute atomic E-state index is 11.8. The van der Waals surface area contributed by atoms with Gasteiger partial charge in [-0.15, -0.1) is 0 Å². The van der Waals surface area contributed by atoms with Crippen LogP contribution in [0.1, 0.15) is 11.3 Å². The molecule has 0 aliphatic carbocycles. The van der Waals surface area contributed by atoms with E-state index in [0.717, 1.165) is 22.0 Å². The molecule has 102 valence electrons. The molecule has 5 nitrogen and oxygen atoms in total. The molecule has 0 saturated heterocycles. The van der Waals surface area contributed by atoms with Crippen molar-refractivity contribution in [3.63, 3.8) is 0 Å². The van der Waals surface area contributed by atoms with Crippen molar-refractivity contribution in [1.82, 2.24) is 4.37 Å². The second-order valence-electron chi connectivity index (χ2n) is 4.27. The van der Waals surface area contributed by atoms with E-state index >= 15 is 0 Å². The quantitative estimate of drug-likeness (QED) is 0.882. The Morgan fingerprint density at radius 1 is 1.35 bits per heavy atom. The van der Waals surface area contributed by atoms with Crippen LogP contribution in [0, 0.1) is 6.92 Å². The monoisotopic (exact) mass is 288 g/mol. The van der Waals surface area contributed by atoms with Gasteiger partial charge in [-0.3, -0.25) is 4.79 Å². The summed E-state index contributed by atoms with van der Waals surface area (Å²) in [5.74, 6) is 1.24. The van der Waals surface area contributed by atoms with Crippen LogP contribution in [0.25, 0.3) is 6.08 Å². The third-order valence-electron chi connectivity index (χ3n) is 2.70. The number of carbonyl (C=O) groups excluding carboxylic acids is 1. The van der Waals surface area contributed by atoms with E-state index in [-0.39, 0.29) is 12.7 Å². The fourth-order valence-corrected chi connectivity index (χ4v) is 2.44. The molecule has 20 heavy (non-hydrogen) atoms. The normalized spacial score (nSPS) is 12.8. The highest BCUT2D eigenvalue weighted by atomic mass is 32.1. The number of amides is 1. The van der Waals surface area contributed by atoms with Crippen LogP contribution in [0.3, 0.4) is 0 Å². The van der Waals surface area contributed by atoms with Gasteiger partial charge in [0.25, 0.3) is 0 Å². The zero-order valence-corrected chi connectivity index (χ0v) is 11.6. The number of benzene rings is 1. The molecule has 0 bridgehead atoms. The summed E-state index contributed by atoms with van der Waals surface area (Å²) in [6.45, 7) is 2.13. The Hall–Kier alpha value is -2.34. The Labute approximate surface area is 120 Å². The van der Waals surface area contributed by atoms with Crippen molar-refractivity contribution in [3.05, 3.63) is 41.6 Å². The van der Waals surface area contributed by atoms with Crippen LogP contribution in [0.4, 0.5) is 5.00 Å². The van der Waals surface area contributed by atoms with E-state index in [0.29, 0.717) is 5.75 Å². The first-order valence-corrected chi connectivity index (χ1v) is 6.80. The van der Waals surface area contributed by atoms with Gasteiger partial charge in [0.2, 0.25) is 12.7 Å². The third-order valence-corrected chi connectivity index (χ3v) is 3.49. The van der Waals surface area contributed by atoms with Gasteiger partial charge in [0.05, 0.1) is 5.69 Å². The first-order chi connectivity index (χ1) is 9.70. The third kappa shape index (κ3) is 2.80. The van der Waals surface area contributed by atoms with Gasteiger partial charge < -0.3 is 14.8 Å². The zero-order valence-electron chi connectivity index (χ0n) is 10.8. The predicted molar refractivity (Wildman–Crippen MR) is 77.1 cm³/mol. The van der Waals surface area contributed by atoms with Gasteiger partial charge >= 0.3 is 0 Å². The maximum Gasteiger partial charge on any atom is 0.249 e. The molecule has 0 spiro atoms. The highest BCUT2D eigenvalue weighted by Crippen LogP contribution is 2.32. The van der Waals surface area contributed by atoms with Crippen LogP contribution in [0.2, 0.25) is 0 Å². The maximum atomic E-state index is 11.8. The van der Waals surface area contributed by atoms with Crippen LogP contribution >= 0.6 is 11.5 Å². The van der Waals surface area contributed by atoms with Crippen molar-refractivity contribution in [1.29, 1.82) is 0 Å². The lowest BCUT2D eigenvalue weighted by atomic mass is 10.2. The summed E-state index contributed by atoms with van der Waals surface area (Å²) >= 11 is 1.26. The zero-order chi connectivity index (χ0) is 13.9. The number of hydrogen-bond acceptors (Lipinski definition) is 5. The second-order valence-corrected chi connectivity index (χ2v) is 5.07. The number of carbonyl (C=O) groups is 1. The van der Waals surface area contributed by atoms with E-state index in [1.807, 2.05) is 31.2 Å². The van der Waals surface area contributed by atoms with E-state index in [1.54, 1.807) is 6.08 Å². The van der Waals surface area contributed by atoms with Crippen molar-refractivity contribution in [2.24, 2.45) is 0 Å². The summed E-state index contributed by atoms with van der Waals surface area (Å²) in [5.41, 5.74) is 1.77. The summed E-state index contributed by atoms with van der Waals surface area (Å²) < 4.78 is 14.6. The average molecular weight is 288 g/mol. The number of nitrogens with zero attached hydrogens (tertiary/aromatic N) is 1. The standard InChI is InChI=1S/C14H12N2O3S/c1-9-6-14(20-16-9)15-13(17)5-3-10-2-4-11-12(7-10)19-8-18-11/h2-7H,8H2,1H3,(H,15,17). The molecule has 3 rings (SSSR count). The summed E-state index contributed by atoms with van der Waals surface area (Å²) in [5, 5.41) is 3.50. The number of anilines is 1. The van der Waals surface area contributed by atoms with Crippen molar-refractivity contribution < 1.29 is 14.3 Å². The fraction of sp³-hybridized carbons (Fsp3) is 0.143. The van der Waals surface area contributed by atoms with Crippen LogP contribution in [-0.2, 0) is 4.79 Å². The molecule has 0 saturated carbocycles. The number of nitrogens with one attached hydrogen (secondary N) is 1. The molecule has 1 amide bonds. The minimum Gasteiger partial charge on any atom is -0.454 e. The first kappa shape index (κ1) is 12.7. The molecule has 0 atom stereocenters. The van der Waals surface area contributed by atoms with Crippen LogP contribution in [-0.4, -0.2) is 17.1 Å². The minimum absolute atomic E-state index is 0.189. The number of aromatic nitrogens is 1. The highest BCUT2D eigenvalue weighted by Gasteiger charge is 2.12. The Balaban J connectivity index is 1.66. The SMILES string of the molecule is Cc1cc(NC(=O)C=Cc2ccc3c(c2)OCO3)sn1. The lowest BCUT2D eigenvalue weighted by molar-refractivity contribution is -0.111. The molecule has 1 aliphatic rings. The molecular weight excluding hydrogens is 276 g/mol. The van der Waals surface area contributed by atoms with E-state index in [9.17, 15) is 4.79 Å². The number of fused-ring (bicyclic) bond motifs is 1. The van der Waals surface area contributed by atoms with Gasteiger partial charge in [0.15, 0.2) is 11.5 Å². The van der Waals surface area contributed by atoms with Gasteiger partial charge in [-0.1, -0.05) is 6.07 Å². The molecule has 1 aromatic carbocycles. The number of aryl methyl sites for hydroxylation is 1. The molecule has 0 unspecified atom stereocenters. The number of hydrogen-bond donors (Lipinski definition) is 1. The van der Waals surface area contributed by atoms with E-state index in [2.05, 4.69) is 9.69 Å². The Morgan fingerprint density at radius 2 is 2.20 bits per heavy atom. The molecule has 1 N–H and O–H groups in total. The van der Waals surface area contributed by atoms with Crippen LogP contribution in [0.5, 0.6) is 11.5 Å². The van der Waals surface area contributed by atoms with Crippen molar-refractivity contribution in [2.75, 3.05) is 12.1 Å². The molecule has 0 radical (unpaired) electrons. The summed E-state index contributed by atoms with van der Waals surface area (Å²) in [6, 6.07) is 7.36. The molecule has 2 heterocycles. The van der Waals surface area contributed by atoms with E-state index < -0.39 is 0 Å². The van der Waals surface area contributed by atoms with Crippen molar-refractivity contribution >= 4 is 28.5 Å². The van der Waals surface area contributed by atoms with Crippen molar-refractivity contribution in [2.45, 2.75) is 6.92 Å². The highest BCUT2D eigenvalue weighted by molar-refractivity contribution is 7.10. The Morgan fingerprint density at radius 3 is 3.00 bits per heavy atom. The van der Waals surface area contributed by atoms with E-state index in [1.165, 1.54) is 17.6 Å². The van der Waals surface area contributed by atoms with Crippen LogP contribution < -0.4 is 14.8 Å². The van der Waals surface area contributed by atoms with Gasteiger partial charge in [-0.2, -0.15) is 4.37 Å². The summed E-state index contributed by atoms with van der Waals surface area (Å²) in [7, 11) is 0. The Bertz CT molecular complexity index is 679. The van der Waals surface area contributed by atoms with Gasteiger partial charge in [-0.05, 0) is 48.3 Å². The molecular formula is C14H12N2O3S. The molecule has 0 fully saturated rings. The lowest BCUT2D eigenvalue weighted by Crippen LogP contribution is -2.06. The topological polar surface area (TPSA) is 60.5 Å². The first-order valence-electron chi connectivity index (χ1n) is 6.03. The molecule has 2 aromatic rings. The molecule has 6 heteroatoms. The van der Waals surface area contributed by atoms with Gasteiger partial charge in [0, 0.05) is 6.08 Å². The second kappa shape index (κ2) is 5.34. The van der Waals surface area contributed by atoms with Gasteiger partial charge in [-0.25, -0.2) is 0 Å². The fourth-order valence-electron chi connectivity index (χ4n) is 1.77. The van der Waals surface area contributed by atoms with E-state index in [4.69, 9.17) is 9.47 Å². The minimum atomic E-state index is -0.189. The largest absolute Gasteiger partial charge is 0.454 e. The summed E-state index contributed by atoms with van der Waals surface area (Å²) in [4.78, 5) is 11.8. The number of rotatable bonds is 3. The smallest absolute Gasteiger partial charge is 0.249 e. The summed E-state index contributed by atoms with van der Waals surface area (Å²) in [6.07, 6.45) is 3.21. The number of ether oxygens (including phenoxy) is 2. The lowest BCUT2D eigenvalue weighted by Gasteiger charge is -1.98.